The minimum atomic E-state index is -0.145. The first kappa shape index (κ1) is 11.5. The summed E-state index contributed by atoms with van der Waals surface area (Å²) in [4.78, 5) is 14.6. The van der Waals surface area contributed by atoms with E-state index in [4.69, 9.17) is 0 Å². The highest BCUT2D eigenvalue weighted by Crippen LogP contribution is 2.14. The maximum atomic E-state index is 11.9. The molecule has 1 aromatic carbocycles. The van der Waals surface area contributed by atoms with Gasteiger partial charge in [-0.15, -0.1) is 10.2 Å². The van der Waals surface area contributed by atoms with Gasteiger partial charge in [0.25, 0.3) is 5.56 Å². The Kier molecular flexibility index (Phi) is 3.32. The van der Waals surface area contributed by atoms with E-state index in [1.807, 2.05) is 44.2 Å². The van der Waals surface area contributed by atoms with Gasteiger partial charge in [0.1, 0.15) is 5.69 Å². The molecule has 0 radical (unpaired) electrons. The molecular formula is C13H15N3O. The van der Waals surface area contributed by atoms with Crippen molar-refractivity contribution in [3.05, 3.63) is 46.4 Å². The summed E-state index contributed by atoms with van der Waals surface area (Å²) in [7, 11) is 0. The lowest BCUT2D eigenvalue weighted by Crippen LogP contribution is -2.19. The van der Waals surface area contributed by atoms with Gasteiger partial charge >= 0.3 is 0 Å². The third-order valence-corrected chi connectivity index (χ3v) is 2.85. The van der Waals surface area contributed by atoms with Gasteiger partial charge < -0.3 is 4.98 Å². The molecule has 1 atom stereocenters. The summed E-state index contributed by atoms with van der Waals surface area (Å²) in [6, 6.07) is 9.50. The summed E-state index contributed by atoms with van der Waals surface area (Å²) < 4.78 is 0. The minimum absolute atomic E-state index is 0.135. The lowest BCUT2D eigenvalue weighted by atomic mass is 10.1. The van der Waals surface area contributed by atoms with Crippen molar-refractivity contribution in [1.82, 2.24) is 15.2 Å². The van der Waals surface area contributed by atoms with Crippen LogP contribution in [0.4, 0.5) is 0 Å². The number of aromatic amines is 1. The molecule has 0 saturated carbocycles. The Bertz CT molecular complexity index is 548. The topological polar surface area (TPSA) is 58.6 Å². The third kappa shape index (κ3) is 2.41. The molecule has 4 heteroatoms. The molecule has 1 unspecified atom stereocenters. The molecule has 88 valence electrons. The van der Waals surface area contributed by atoms with Crippen LogP contribution in [0.25, 0.3) is 11.4 Å². The fourth-order valence-corrected chi connectivity index (χ4v) is 1.59. The van der Waals surface area contributed by atoms with Gasteiger partial charge in [-0.2, -0.15) is 0 Å². The number of hydrogen-bond acceptors (Lipinski definition) is 3. The van der Waals surface area contributed by atoms with Crippen LogP contribution in [0.2, 0.25) is 0 Å². The van der Waals surface area contributed by atoms with Crippen LogP contribution < -0.4 is 5.56 Å². The Morgan fingerprint density at radius 3 is 2.53 bits per heavy atom. The van der Waals surface area contributed by atoms with Crippen molar-refractivity contribution in [2.75, 3.05) is 0 Å². The van der Waals surface area contributed by atoms with Crippen molar-refractivity contribution in [3.8, 4) is 11.4 Å². The van der Waals surface area contributed by atoms with Crippen LogP contribution >= 0.6 is 0 Å². The lowest BCUT2D eigenvalue weighted by Gasteiger charge is -2.06. The maximum absolute atomic E-state index is 11.9. The number of H-pyrrole nitrogens is 1. The molecule has 0 bridgehead atoms. The highest BCUT2D eigenvalue weighted by molar-refractivity contribution is 5.53. The van der Waals surface area contributed by atoms with Gasteiger partial charge in [0.2, 0.25) is 0 Å². The van der Waals surface area contributed by atoms with Gasteiger partial charge in [0, 0.05) is 11.5 Å². The predicted octanol–water partition coefficient (Wildman–Crippen LogP) is 2.35. The van der Waals surface area contributed by atoms with Gasteiger partial charge in [0.15, 0.2) is 5.82 Å². The zero-order valence-electron chi connectivity index (χ0n) is 9.97. The molecule has 0 amide bonds. The number of benzene rings is 1. The van der Waals surface area contributed by atoms with E-state index >= 15 is 0 Å². The summed E-state index contributed by atoms with van der Waals surface area (Å²) in [5.41, 5.74) is 1.23. The first-order valence-corrected chi connectivity index (χ1v) is 5.74. The van der Waals surface area contributed by atoms with Gasteiger partial charge in [0.05, 0.1) is 0 Å². The number of nitrogens with one attached hydrogen (secondary N) is 1. The van der Waals surface area contributed by atoms with Crippen molar-refractivity contribution in [1.29, 1.82) is 0 Å². The predicted molar refractivity (Wildman–Crippen MR) is 66.8 cm³/mol. The lowest BCUT2D eigenvalue weighted by molar-refractivity contribution is 0.673. The average molecular weight is 229 g/mol. The molecule has 0 aliphatic heterocycles. The number of rotatable bonds is 3. The summed E-state index contributed by atoms with van der Waals surface area (Å²) >= 11 is 0. The summed E-state index contributed by atoms with van der Waals surface area (Å²) in [5.74, 6) is 0.652. The number of hydrogen-bond donors (Lipinski definition) is 1. The zero-order chi connectivity index (χ0) is 12.3. The van der Waals surface area contributed by atoms with Gasteiger partial charge in [-0.3, -0.25) is 4.79 Å². The number of nitrogens with zero attached hydrogens (tertiary/aromatic N) is 2. The van der Waals surface area contributed by atoms with Gasteiger partial charge in [-0.05, 0) is 6.42 Å². The second-order valence-corrected chi connectivity index (χ2v) is 4.06. The van der Waals surface area contributed by atoms with Crippen molar-refractivity contribution >= 4 is 0 Å². The Morgan fingerprint density at radius 2 is 1.94 bits per heavy atom. The first-order valence-electron chi connectivity index (χ1n) is 5.74. The molecule has 0 spiro atoms. The van der Waals surface area contributed by atoms with Crippen molar-refractivity contribution in [2.24, 2.45) is 0 Å². The Labute approximate surface area is 99.7 Å². The highest BCUT2D eigenvalue weighted by Gasteiger charge is 2.11. The van der Waals surface area contributed by atoms with Crippen LogP contribution in [0, 0.1) is 0 Å². The normalized spacial score (nSPS) is 12.4. The molecule has 4 nitrogen and oxygen atoms in total. The summed E-state index contributed by atoms with van der Waals surface area (Å²) in [6.07, 6.45) is 0.877. The van der Waals surface area contributed by atoms with E-state index in [1.165, 1.54) is 0 Å². The average Bonchev–Trinajstić information content (AvgIpc) is 2.39. The molecule has 0 aliphatic carbocycles. The van der Waals surface area contributed by atoms with E-state index in [9.17, 15) is 4.79 Å². The molecule has 1 heterocycles. The van der Waals surface area contributed by atoms with E-state index in [0.29, 0.717) is 11.5 Å². The minimum Gasteiger partial charge on any atom is -0.303 e. The van der Waals surface area contributed by atoms with Crippen molar-refractivity contribution in [3.63, 3.8) is 0 Å². The maximum Gasteiger partial charge on any atom is 0.273 e. The van der Waals surface area contributed by atoms with Crippen LogP contribution in [0.1, 0.15) is 31.9 Å². The molecule has 0 fully saturated rings. The second kappa shape index (κ2) is 4.91. The molecule has 0 saturated heterocycles. The quantitative estimate of drug-likeness (QED) is 0.878. The number of aromatic nitrogens is 3. The molecule has 1 N–H and O–H groups in total. The van der Waals surface area contributed by atoms with Gasteiger partial charge in [-0.1, -0.05) is 44.2 Å². The molecule has 17 heavy (non-hydrogen) atoms. The van der Waals surface area contributed by atoms with Crippen LogP contribution in [0.5, 0.6) is 0 Å². The fourth-order valence-electron chi connectivity index (χ4n) is 1.59. The highest BCUT2D eigenvalue weighted by atomic mass is 16.1. The summed E-state index contributed by atoms with van der Waals surface area (Å²) in [6.45, 7) is 4.00. The molecule has 0 aliphatic rings. The van der Waals surface area contributed by atoms with Crippen LogP contribution in [0.15, 0.2) is 35.1 Å². The van der Waals surface area contributed by atoms with E-state index in [-0.39, 0.29) is 11.5 Å². The Morgan fingerprint density at radius 1 is 1.24 bits per heavy atom. The summed E-state index contributed by atoms with van der Waals surface area (Å²) in [5, 5.41) is 8.10. The Hall–Kier alpha value is -1.97. The first-order chi connectivity index (χ1) is 8.22. The molecule has 2 aromatic rings. The molecular weight excluding hydrogens is 214 g/mol. The largest absolute Gasteiger partial charge is 0.303 e. The van der Waals surface area contributed by atoms with Crippen LogP contribution in [-0.2, 0) is 0 Å². The van der Waals surface area contributed by atoms with E-state index in [1.54, 1.807) is 0 Å². The smallest absolute Gasteiger partial charge is 0.273 e. The second-order valence-electron chi connectivity index (χ2n) is 4.06. The molecule has 2 rings (SSSR count). The third-order valence-electron chi connectivity index (χ3n) is 2.85. The zero-order valence-corrected chi connectivity index (χ0v) is 9.97. The SMILES string of the molecule is CCC(C)c1nnc(-c2ccccc2)[nH]c1=O. The van der Waals surface area contributed by atoms with Crippen molar-refractivity contribution < 1.29 is 0 Å². The standard InChI is InChI=1S/C13H15N3O/c1-3-9(2)11-13(17)14-12(16-15-11)10-7-5-4-6-8-10/h4-9H,3H2,1-2H3,(H,14,16,17). The fraction of sp³-hybridized carbons (Fsp3) is 0.308. The van der Waals surface area contributed by atoms with Gasteiger partial charge in [-0.25, -0.2) is 0 Å². The molecule has 1 aromatic heterocycles. The van der Waals surface area contributed by atoms with E-state index in [2.05, 4.69) is 15.2 Å². The Balaban J connectivity index is 2.42. The van der Waals surface area contributed by atoms with Crippen molar-refractivity contribution in [2.45, 2.75) is 26.2 Å². The van der Waals surface area contributed by atoms with Crippen LogP contribution in [0.3, 0.4) is 0 Å². The van der Waals surface area contributed by atoms with E-state index in [0.717, 1.165) is 12.0 Å². The van der Waals surface area contributed by atoms with Crippen LogP contribution in [-0.4, -0.2) is 15.2 Å². The monoisotopic (exact) mass is 229 g/mol. The van der Waals surface area contributed by atoms with E-state index < -0.39 is 0 Å².